The molecule has 7 aromatic rings. The predicted octanol–water partition coefficient (Wildman–Crippen LogP) is 10.7. The molecule has 74 heavy (non-hydrogen) atoms. The van der Waals surface area contributed by atoms with Crippen LogP contribution < -0.4 is 32.3 Å². The molecule has 3 heterocycles. The molecule has 6 unspecified atom stereocenters. The number of carbonyl (C=O) groups excluding carboxylic acids is 3. The summed E-state index contributed by atoms with van der Waals surface area (Å²) >= 11 is 12.9. The number of amides is 3. The van der Waals surface area contributed by atoms with Gasteiger partial charge in [-0.2, -0.15) is 13.2 Å². The van der Waals surface area contributed by atoms with Crippen LogP contribution in [0.3, 0.4) is 0 Å². The Labute approximate surface area is 431 Å². The molecule has 0 aliphatic heterocycles. The zero-order chi connectivity index (χ0) is 52.1. The Bertz CT molecular complexity index is 3210. The van der Waals surface area contributed by atoms with Gasteiger partial charge in [-0.25, -0.2) is 28.7 Å². The molecule has 3 aliphatic rings. The van der Waals surface area contributed by atoms with Crippen molar-refractivity contribution in [2.45, 2.75) is 87.6 Å². The normalized spacial score (nSPS) is 20.3. The van der Waals surface area contributed by atoms with Gasteiger partial charge in [0.15, 0.2) is 0 Å². The molecule has 0 radical (unpaired) electrons. The highest BCUT2D eigenvalue weighted by atomic mass is 35.5. The van der Waals surface area contributed by atoms with Crippen molar-refractivity contribution in [3.8, 4) is 11.3 Å². The Balaban J connectivity index is 0.000000184. The quantitative estimate of drug-likeness (QED) is 0.0482. The Morgan fingerprint density at radius 2 is 1.16 bits per heavy atom. The van der Waals surface area contributed by atoms with Gasteiger partial charge in [-0.15, -0.1) is 0 Å². The van der Waals surface area contributed by atoms with Gasteiger partial charge in [0, 0.05) is 74.9 Å². The maximum Gasteiger partial charge on any atom is 0.471 e. The summed E-state index contributed by atoms with van der Waals surface area (Å²) in [7, 11) is 0. The fraction of sp³-hybridized carbons (Fsp3) is 0.264. The van der Waals surface area contributed by atoms with Crippen LogP contribution >= 0.6 is 23.2 Å². The largest absolute Gasteiger partial charge is 0.471 e. The van der Waals surface area contributed by atoms with Crippen LogP contribution in [0, 0.1) is 0 Å². The third-order valence-corrected chi connectivity index (χ3v) is 13.4. The highest BCUT2D eigenvalue weighted by molar-refractivity contribution is 6.33. The zero-order valence-electron chi connectivity index (χ0n) is 39.2. The molecule has 10 rings (SSSR count). The van der Waals surface area contributed by atoms with Crippen molar-refractivity contribution >= 4 is 80.7 Å². The first kappa shape index (κ1) is 51.3. The molecule has 8 N–H and O–H groups in total. The van der Waals surface area contributed by atoms with E-state index in [4.69, 9.17) is 28.9 Å². The van der Waals surface area contributed by atoms with Gasteiger partial charge in [-0.1, -0.05) is 71.7 Å². The third kappa shape index (κ3) is 12.4. The van der Waals surface area contributed by atoms with Gasteiger partial charge >= 0.3 is 12.1 Å². The summed E-state index contributed by atoms with van der Waals surface area (Å²) < 4.78 is 66.5. The van der Waals surface area contributed by atoms with Crippen molar-refractivity contribution < 1.29 is 36.3 Å². The minimum absolute atomic E-state index is 0.108. The van der Waals surface area contributed by atoms with Crippen LogP contribution in [0.25, 0.3) is 27.7 Å². The van der Waals surface area contributed by atoms with Crippen LogP contribution in [0.15, 0.2) is 122 Å². The Hall–Kier alpha value is -7.64. The van der Waals surface area contributed by atoms with Crippen molar-refractivity contribution in [2.24, 2.45) is 0 Å². The number of allylic oxidation sites excluding steroid dienone is 1. The number of aromatic nitrogens is 5. The summed E-state index contributed by atoms with van der Waals surface area (Å²) in [5.74, 6) is -2.20. The predicted molar refractivity (Wildman–Crippen MR) is 275 cm³/mol. The molecular weight excluding hydrogens is 1000 g/mol. The molecule has 0 saturated heterocycles. The van der Waals surface area contributed by atoms with Crippen LogP contribution in [0.5, 0.6) is 0 Å². The number of nitrogen functional groups attached to an aromatic ring is 1. The molecule has 21 heteroatoms. The number of carbonyl (C=O) groups is 3. The maximum atomic E-state index is 14.7. The number of anilines is 4. The number of rotatable bonds is 11. The van der Waals surface area contributed by atoms with Crippen molar-refractivity contribution in [3.05, 3.63) is 160 Å². The molecule has 3 aromatic heterocycles. The second-order valence-corrected chi connectivity index (χ2v) is 19.1. The molecule has 3 amide bonds. The summed E-state index contributed by atoms with van der Waals surface area (Å²) in [6.07, 6.45) is 2.32. The van der Waals surface area contributed by atoms with Crippen LogP contribution in [0.2, 0.25) is 10.0 Å². The van der Waals surface area contributed by atoms with E-state index in [-0.39, 0.29) is 54.5 Å². The monoisotopic (exact) mass is 1050 g/mol. The highest BCUT2D eigenvalue weighted by Gasteiger charge is 2.39. The first-order chi connectivity index (χ1) is 35.5. The third-order valence-electron chi connectivity index (χ3n) is 12.9. The molecule has 3 aliphatic carbocycles. The number of nitrogens with one attached hydrogen (secondary N) is 6. The molecule has 2 saturated carbocycles. The Kier molecular flexibility index (Phi) is 15.4. The van der Waals surface area contributed by atoms with E-state index >= 15 is 0 Å². The average Bonchev–Trinajstić information content (AvgIpc) is 4.00. The minimum atomic E-state index is -5.03. The van der Waals surface area contributed by atoms with E-state index in [0.29, 0.717) is 63.8 Å². The average molecular weight is 1050 g/mol. The SMILES string of the molecule is Nc1ccc(C(=O)NC2CC(F)CC(Nc3ncc(Cl)c(-c4c[nH]c5ccccc45)n3)C2)cc1.O=C(NC1CC(F)CC(Nc2ncc(Cl)c(C3=CCc4ccccc43)n2)C1)c1ccc(NC(=O)C(F)(F)F)cc1. The molecule has 6 atom stereocenters. The lowest BCUT2D eigenvalue weighted by Crippen LogP contribution is -2.45. The number of hydrogen-bond acceptors (Lipinski definition) is 10. The molecule has 2 fully saturated rings. The summed E-state index contributed by atoms with van der Waals surface area (Å²) in [6.45, 7) is 0. The van der Waals surface area contributed by atoms with E-state index in [1.54, 1.807) is 35.8 Å². The van der Waals surface area contributed by atoms with Gasteiger partial charge in [0.25, 0.3) is 11.8 Å². The first-order valence-electron chi connectivity index (χ1n) is 23.7. The molecule has 14 nitrogen and oxygen atoms in total. The van der Waals surface area contributed by atoms with E-state index in [1.165, 1.54) is 36.0 Å². The zero-order valence-corrected chi connectivity index (χ0v) is 40.7. The van der Waals surface area contributed by atoms with Gasteiger partial charge in [0.1, 0.15) is 12.3 Å². The topological polar surface area (TPSA) is 205 Å². The lowest BCUT2D eigenvalue weighted by atomic mass is 9.89. The highest BCUT2D eigenvalue weighted by Crippen LogP contribution is 2.36. The number of H-pyrrole nitrogens is 1. The Morgan fingerprint density at radius 3 is 1.77 bits per heavy atom. The van der Waals surface area contributed by atoms with E-state index in [0.717, 1.165) is 34.0 Å². The standard InChI is InChI=1S/C28H24ClF4N5O2.C25H24ClFN6O/c29-23-14-34-27(38-24(23)22-10-7-15-3-1-2-4-21(15)22)37-20-12-17(30)11-19(13-20)35-25(39)16-5-8-18(9-6-16)36-26(40)28(31,32)33;26-21-13-30-25(33-23(21)20-12-29-22-4-2-1-3-19(20)22)32-18-10-15(27)9-17(11-18)31-24(34)14-5-7-16(28)8-6-14/h1-6,8-10,14,17,19-20H,7,11-13H2,(H,35,39)(H,36,40)(H,34,37,38);1-8,12-13,15,17-18,29H,9-11,28H2,(H,31,34)(H,30,32,33). The van der Waals surface area contributed by atoms with Crippen LogP contribution in [-0.4, -0.2) is 85.3 Å². The summed E-state index contributed by atoms with van der Waals surface area (Å²) in [4.78, 5) is 57.5. The lowest BCUT2D eigenvalue weighted by molar-refractivity contribution is -0.167. The number of nitrogens with two attached hydrogens (primary N) is 1. The van der Waals surface area contributed by atoms with Crippen molar-refractivity contribution in [2.75, 3.05) is 21.7 Å². The van der Waals surface area contributed by atoms with Crippen LogP contribution in [0.1, 0.15) is 76.1 Å². The Morgan fingerprint density at radius 1 is 0.635 bits per heavy atom. The van der Waals surface area contributed by atoms with E-state index in [1.807, 2.05) is 54.7 Å². The van der Waals surface area contributed by atoms with Crippen LogP contribution in [0.4, 0.5) is 45.2 Å². The fourth-order valence-corrected chi connectivity index (χ4v) is 9.83. The molecule has 0 bridgehead atoms. The smallest absolute Gasteiger partial charge is 0.399 e. The number of fused-ring (bicyclic) bond motifs is 2. The number of benzene rings is 4. The number of nitrogens with zero attached hydrogens (tertiary/aromatic N) is 4. The number of halogens is 7. The van der Waals surface area contributed by atoms with Gasteiger partial charge in [0.05, 0.1) is 33.8 Å². The van der Waals surface area contributed by atoms with Gasteiger partial charge in [0.2, 0.25) is 11.9 Å². The second-order valence-electron chi connectivity index (χ2n) is 18.3. The van der Waals surface area contributed by atoms with Crippen LogP contribution in [-0.2, 0) is 11.2 Å². The van der Waals surface area contributed by atoms with Crippen molar-refractivity contribution in [1.82, 2.24) is 35.6 Å². The summed E-state index contributed by atoms with van der Waals surface area (Å²) in [5, 5.41) is 15.7. The minimum Gasteiger partial charge on any atom is -0.399 e. The summed E-state index contributed by atoms with van der Waals surface area (Å²) in [5.41, 5.74) is 13.0. The first-order valence-corrected chi connectivity index (χ1v) is 24.5. The molecule has 4 aromatic carbocycles. The molecule has 0 spiro atoms. The lowest BCUT2D eigenvalue weighted by Gasteiger charge is -2.32. The number of aromatic amines is 1. The van der Waals surface area contributed by atoms with Crippen molar-refractivity contribution in [3.63, 3.8) is 0 Å². The number of hydrogen-bond donors (Lipinski definition) is 7. The number of alkyl halides is 5. The van der Waals surface area contributed by atoms with E-state index in [9.17, 15) is 36.3 Å². The second kappa shape index (κ2) is 22.2. The van der Waals surface area contributed by atoms with Gasteiger partial charge in [-0.3, -0.25) is 14.4 Å². The fourth-order valence-electron chi connectivity index (χ4n) is 9.44. The van der Waals surface area contributed by atoms with E-state index < -0.39 is 36.4 Å². The maximum absolute atomic E-state index is 14.7. The van der Waals surface area contributed by atoms with Gasteiger partial charge < -0.3 is 37.3 Å². The number of para-hydroxylation sites is 1. The van der Waals surface area contributed by atoms with Crippen molar-refractivity contribution in [1.29, 1.82) is 0 Å². The summed E-state index contributed by atoms with van der Waals surface area (Å²) in [6, 6.07) is 26.0. The molecular formula is C53H48Cl2F5N11O3. The molecule has 382 valence electrons. The van der Waals surface area contributed by atoms with Gasteiger partial charge in [-0.05, 0) is 111 Å². The van der Waals surface area contributed by atoms with E-state index in [2.05, 4.69) is 52.3 Å².